The Hall–Kier alpha value is -1.44. The highest BCUT2D eigenvalue weighted by molar-refractivity contribution is 7.15. The van der Waals surface area contributed by atoms with Gasteiger partial charge < -0.3 is 5.32 Å². The van der Waals surface area contributed by atoms with Gasteiger partial charge in [-0.2, -0.15) is 5.10 Å². The lowest BCUT2D eigenvalue weighted by Crippen LogP contribution is -2.25. The van der Waals surface area contributed by atoms with Gasteiger partial charge in [-0.15, -0.1) is 23.7 Å². The van der Waals surface area contributed by atoms with Crippen LogP contribution in [0.5, 0.6) is 0 Å². The molecule has 0 aromatic carbocycles. The SMILES string of the molecule is Cc1cnc(NC(=O)c2n[nH]c3c2CNCC3)s1.Cl. The Balaban J connectivity index is 0.00000133. The molecule has 8 heteroatoms. The molecule has 1 aliphatic rings. The van der Waals surface area contributed by atoms with Gasteiger partial charge >= 0.3 is 0 Å². The predicted molar refractivity (Wildman–Crippen MR) is 76.1 cm³/mol. The van der Waals surface area contributed by atoms with Crippen molar-refractivity contribution < 1.29 is 4.79 Å². The van der Waals surface area contributed by atoms with E-state index in [4.69, 9.17) is 0 Å². The van der Waals surface area contributed by atoms with Gasteiger partial charge in [0.15, 0.2) is 10.8 Å². The minimum absolute atomic E-state index is 0. The zero-order valence-corrected chi connectivity index (χ0v) is 12.0. The second-order valence-electron chi connectivity index (χ2n) is 4.19. The van der Waals surface area contributed by atoms with Crippen molar-refractivity contribution in [3.8, 4) is 0 Å². The van der Waals surface area contributed by atoms with E-state index in [1.807, 2.05) is 6.92 Å². The third kappa shape index (κ3) is 2.78. The second-order valence-corrected chi connectivity index (χ2v) is 5.42. The number of nitrogens with zero attached hydrogens (tertiary/aromatic N) is 2. The van der Waals surface area contributed by atoms with E-state index < -0.39 is 0 Å². The van der Waals surface area contributed by atoms with E-state index >= 15 is 0 Å². The molecule has 1 aliphatic heterocycles. The van der Waals surface area contributed by atoms with Crippen LogP contribution in [0, 0.1) is 6.92 Å². The van der Waals surface area contributed by atoms with Crippen molar-refractivity contribution in [1.82, 2.24) is 20.5 Å². The molecule has 0 spiro atoms. The molecule has 1 amide bonds. The largest absolute Gasteiger partial charge is 0.312 e. The lowest BCUT2D eigenvalue weighted by atomic mass is 10.1. The number of hydrogen-bond donors (Lipinski definition) is 3. The number of rotatable bonds is 2. The summed E-state index contributed by atoms with van der Waals surface area (Å²) in [6.07, 6.45) is 2.62. The van der Waals surface area contributed by atoms with Gasteiger partial charge in [-0.3, -0.25) is 15.2 Å². The third-order valence-electron chi connectivity index (χ3n) is 2.86. The smallest absolute Gasteiger partial charge is 0.278 e. The first-order valence-electron chi connectivity index (χ1n) is 5.74. The fourth-order valence-corrected chi connectivity index (χ4v) is 2.64. The van der Waals surface area contributed by atoms with E-state index in [2.05, 4.69) is 25.8 Å². The van der Waals surface area contributed by atoms with E-state index in [0.717, 1.165) is 29.1 Å². The van der Waals surface area contributed by atoms with Crippen LogP contribution in [0.25, 0.3) is 0 Å². The van der Waals surface area contributed by atoms with Crippen molar-refractivity contribution in [2.75, 3.05) is 11.9 Å². The van der Waals surface area contributed by atoms with Gasteiger partial charge in [-0.25, -0.2) is 4.98 Å². The molecule has 0 radical (unpaired) electrons. The normalized spacial score (nSPS) is 13.5. The fraction of sp³-hybridized carbons (Fsp3) is 0.364. The van der Waals surface area contributed by atoms with Crippen LogP contribution >= 0.6 is 23.7 Å². The number of anilines is 1. The summed E-state index contributed by atoms with van der Waals surface area (Å²) >= 11 is 1.45. The summed E-state index contributed by atoms with van der Waals surface area (Å²) < 4.78 is 0. The highest BCUT2D eigenvalue weighted by Gasteiger charge is 2.21. The summed E-state index contributed by atoms with van der Waals surface area (Å²) in [5.41, 5.74) is 2.48. The van der Waals surface area contributed by atoms with Gasteiger partial charge in [-0.1, -0.05) is 0 Å². The predicted octanol–water partition coefficient (Wildman–Crippen LogP) is 1.49. The lowest BCUT2D eigenvalue weighted by molar-refractivity contribution is 0.102. The molecule has 0 saturated carbocycles. The summed E-state index contributed by atoms with van der Waals surface area (Å²) in [7, 11) is 0. The maximum Gasteiger partial charge on any atom is 0.278 e. The van der Waals surface area contributed by atoms with Crippen LogP contribution in [0.3, 0.4) is 0 Å². The number of thiazole rings is 1. The monoisotopic (exact) mass is 299 g/mol. The number of fused-ring (bicyclic) bond motifs is 1. The lowest BCUT2D eigenvalue weighted by Gasteiger charge is -2.12. The van der Waals surface area contributed by atoms with Crippen molar-refractivity contribution in [2.24, 2.45) is 0 Å². The average molecular weight is 300 g/mol. The van der Waals surface area contributed by atoms with Crippen molar-refractivity contribution in [3.63, 3.8) is 0 Å². The zero-order valence-electron chi connectivity index (χ0n) is 10.3. The number of halogens is 1. The standard InChI is InChI=1S/C11H13N5OS.ClH/c1-6-4-13-11(18-6)14-10(17)9-7-5-12-3-2-8(7)15-16-9;/h4,12H,2-3,5H2,1H3,(H,15,16)(H,13,14,17);1H. The highest BCUT2D eigenvalue weighted by atomic mass is 35.5. The number of amides is 1. The van der Waals surface area contributed by atoms with E-state index in [1.54, 1.807) is 6.20 Å². The van der Waals surface area contributed by atoms with Crippen LogP contribution in [0.1, 0.15) is 26.6 Å². The molecule has 19 heavy (non-hydrogen) atoms. The topological polar surface area (TPSA) is 82.7 Å². The number of carbonyl (C=O) groups is 1. The molecule has 0 unspecified atom stereocenters. The summed E-state index contributed by atoms with van der Waals surface area (Å²) in [5, 5.41) is 13.7. The number of hydrogen-bond acceptors (Lipinski definition) is 5. The first kappa shape index (κ1) is 14.0. The van der Waals surface area contributed by atoms with Crippen LogP contribution < -0.4 is 10.6 Å². The van der Waals surface area contributed by atoms with Crippen LogP contribution in [0.4, 0.5) is 5.13 Å². The summed E-state index contributed by atoms with van der Waals surface area (Å²) in [5.74, 6) is -0.203. The van der Waals surface area contributed by atoms with Gasteiger partial charge in [0.1, 0.15) is 0 Å². The number of aromatic amines is 1. The Kier molecular flexibility index (Phi) is 4.18. The molecule has 0 aliphatic carbocycles. The van der Waals surface area contributed by atoms with E-state index in [0.29, 0.717) is 17.4 Å². The summed E-state index contributed by atoms with van der Waals surface area (Å²) in [4.78, 5) is 17.3. The Morgan fingerprint density at radius 1 is 1.53 bits per heavy atom. The summed E-state index contributed by atoms with van der Waals surface area (Å²) in [6, 6.07) is 0. The van der Waals surface area contributed by atoms with Crippen molar-refractivity contribution in [2.45, 2.75) is 19.9 Å². The Bertz CT molecular complexity index is 594. The van der Waals surface area contributed by atoms with Crippen LogP contribution in [-0.4, -0.2) is 27.6 Å². The molecule has 102 valence electrons. The van der Waals surface area contributed by atoms with Crippen LogP contribution in [0.15, 0.2) is 6.20 Å². The molecule has 6 nitrogen and oxygen atoms in total. The molecule has 2 aromatic rings. The molecule has 0 bridgehead atoms. The fourth-order valence-electron chi connectivity index (χ4n) is 1.98. The molecule has 0 atom stereocenters. The third-order valence-corrected chi connectivity index (χ3v) is 3.69. The van der Waals surface area contributed by atoms with Gasteiger partial charge in [0.05, 0.1) is 0 Å². The Labute approximate surface area is 120 Å². The van der Waals surface area contributed by atoms with Crippen molar-refractivity contribution >= 4 is 34.8 Å². The second kappa shape index (κ2) is 5.68. The molecular formula is C11H14ClN5OS. The number of aromatic nitrogens is 3. The summed E-state index contributed by atoms with van der Waals surface area (Å²) in [6.45, 7) is 3.56. The Morgan fingerprint density at radius 2 is 2.37 bits per heavy atom. The molecule has 2 aromatic heterocycles. The van der Waals surface area contributed by atoms with Crippen LogP contribution in [0.2, 0.25) is 0 Å². The maximum absolute atomic E-state index is 12.1. The van der Waals surface area contributed by atoms with Crippen molar-refractivity contribution in [3.05, 3.63) is 28.0 Å². The minimum Gasteiger partial charge on any atom is -0.312 e. The van der Waals surface area contributed by atoms with E-state index in [9.17, 15) is 4.79 Å². The Morgan fingerprint density at radius 3 is 3.11 bits per heavy atom. The van der Waals surface area contributed by atoms with E-state index in [-0.39, 0.29) is 18.3 Å². The first-order valence-corrected chi connectivity index (χ1v) is 6.56. The van der Waals surface area contributed by atoms with E-state index in [1.165, 1.54) is 11.3 Å². The zero-order chi connectivity index (χ0) is 12.5. The molecule has 3 heterocycles. The van der Waals surface area contributed by atoms with Gasteiger partial charge in [0, 0.05) is 41.8 Å². The first-order chi connectivity index (χ1) is 8.74. The van der Waals surface area contributed by atoms with Gasteiger partial charge in [-0.05, 0) is 6.92 Å². The molecule has 0 fully saturated rings. The number of H-pyrrole nitrogens is 1. The number of carbonyl (C=O) groups excluding carboxylic acids is 1. The molecule has 3 rings (SSSR count). The maximum atomic E-state index is 12.1. The highest BCUT2D eigenvalue weighted by Crippen LogP contribution is 2.20. The minimum atomic E-state index is -0.203. The number of aryl methyl sites for hydroxylation is 1. The average Bonchev–Trinajstić information content (AvgIpc) is 2.95. The number of nitrogens with one attached hydrogen (secondary N) is 3. The molecule has 3 N–H and O–H groups in total. The van der Waals surface area contributed by atoms with Gasteiger partial charge in [0.25, 0.3) is 5.91 Å². The van der Waals surface area contributed by atoms with Crippen molar-refractivity contribution in [1.29, 1.82) is 0 Å². The molecule has 0 saturated heterocycles. The molecular weight excluding hydrogens is 286 g/mol. The quantitative estimate of drug-likeness (QED) is 0.785. The van der Waals surface area contributed by atoms with Crippen LogP contribution in [-0.2, 0) is 13.0 Å². The van der Waals surface area contributed by atoms with Gasteiger partial charge in [0.2, 0.25) is 0 Å².